The Balaban J connectivity index is 0.00000225. The Hall–Kier alpha value is -1.86. The van der Waals surface area contributed by atoms with E-state index in [2.05, 4.69) is 10.6 Å². The normalized spacial score (nSPS) is 20.0. The average molecular weight is 369 g/mol. The lowest BCUT2D eigenvalue weighted by molar-refractivity contribution is -0.384. The minimum Gasteiger partial charge on any atom is -0.366 e. The number of nitrogens with one attached hydrogen (secondary N) is 2. The lowest BCUT2D eigenvalue weighted by Crippen LogP contribution is -2.38. The van der Waals surface area contributed by atoms with E-state index in [-0.39, 0.29) is 24.0 Å². The zero-order chi connectivity index (χ0) is 16.9. The molecule has 2 saturated heterocycles. The molecule has 0 spiro atoms. The summed E-state index contributed by atoms with van der Waals surface area (Å²) in [5.41, 5.74) is 0.989. The highest BCUT2D eigenvalue weighted by molar-refractivity contribution is 5.95. The topological polar surface area (TPSA) is 87.5 Å². The van der Waals surface area contributed by atoms with Crippen molar-refractivity contribution in [3.63, 3.8) is 0 Å². The van der Waals surface area contributed by atoms with Crippen LogP contribution in [-0.2, 0) is 0 Å². The van der Waals surface area contributed by atoms with Gasteiger partial charge in [-0.3, -0.25) is 14.9 Å². The van der Waals surface area contributed by atoms with Crippen molar-refractivity contribution in [1.29, 1.82) is 0 Å². The highest BCUT2D eigenvalue weighted by Crippen LogP contribution is 2.31. The van der Waals surface area contributed by atoms with Crippen LogP contribution in [0.3, 0.4) is 0 Å². The molecule has 8 heteroatoms. The van der Waals surface area contributed by atoms with Crippen LogP contribution in [-0.4, -0.2) is 43.6 Å². The Morgan fingerprint density at radius 3 is 2.72 bits per heavy atom. The monoisotopic (exact) mass is 368 g/mol. The summed E-state index contributed by atoms with van der Waals surface area (Å²) >= 11 is 0. The first kappa shape index (κ1) is 19.5. The van der Waals surface area contributed by atoms with Gasteiger partial charge in [-0.25, -0.2) is 0 Å². The Morgan fingerprint density at radius 2 is 2.08 bits per heavy atom. The van der Waals surface area contributed by atoms with Crippen LogP contribution in [0.25, 0.3) is 0 Å². The smallest absolute Gasteiger partial charge is 0.293 e. The van der Waals surface area contributed by atoms with E-state index >= 15 is 0 Å². The first-order valence-electron chi connectivity index (χ1n) is 8.67. The summed E-state index contributed by atoms with van der Waals surface area (Å²) in [6.07, 6.45) is 4.32. The highest BCUT2D eigenvalue weighted by Gasteiger charge is 2.24. The van der Waals surface area contributed by atoms with E-state index in [1.54, 1.807) is 12.1 Å². The summed E-state index contributed by atoms with van der Waals surface area (Å²) in [6, 6.07) is 4.80. The Bertz CT molecular complexity index is 614. The molecule has 0 radical (unpaired) electrons. The van der Waals surface area contributed by atoms with Gasteiger partial charge in [0.15, 0.2) is 0 Å². The molecule has 1 atom stereocenters. The number of carbonyl (C=O) groups is 1. The van der Waals surface area contributed by atoms with Crippen LogP contribution >= 0.6 is 12.4 Å². The quantitative estimate of drug-likeness (QED) is 0.615. The van der Waals surface area contributed by atoms with Gasteiger partial charge in [-0.1, -0.05) is 0 Å². The zero-order valence-corrected chi connectivity index (χ0v) is 15.0. The van der Waals surface area contributed by atoms with Crippen molar-refractivity contribution in [2.45, 2.75) is 25.7 Å². The number of anilines is 1. The molecule has 2 aliphatic rings. The molecule has 2 aliphatic heterocycles. The predicted molar refractivity (Wildman–Crippen MR) is 99.7 cm³/mol. The van der Waals surface area contributed by atoms with Crippen molar-refractivity contribution in [3.05, 3.63) is 33.9 Å². The summed E-state index contributed by atoms with van der Waals surface area (Å²) in [6.45, 7) is 4.22. The van der Waals surface area contributed by atoms with Gasteiger partial charge in [0.2, 0.25) is 0 Å². The molecule has 1 amide bonds. The van der Waals surface area contributed by atoms with E-state index in [1.165, 1.54) is 6.07 Å². The van der Waals surface area contributed by atoms with Gasteiger partial charge in [-0.05, 0) is 56.8 Å². The number of benzene rings is 1. The maximum Gasteiger partial charge on any atom is 0.293 e. The van der Waals surface area contributed by atoms with Crippen LogP contribution in [0.2, 0.25) is 0 Å². The van der Waals surface area contributed by atoms with E-state index in [0.29, 0.717) is 23.7 Å². The molecule has 1 aromatic carbocycles. The second kappa shape index (κ2) is 9.01. The van der Waals surface area contributed by atoms with Gasteiger partial charge in [-0.15, -0.1) is 12.4 Å². The largest absolute Gasteiger partial charge is 0.366 e. The second-order valence-electron chi connectivity index (χ2n) is 6.58. The van der Waals surface area contributed by atoms with E-state index < -0.39 is 4.92 Å². The van der Waals surface area contributed by atoms with Crippen LogP contribution in [0, 0.1) is 16.0 Å². The summed E-state index contributed by atoms with van der Waals surface area (Å²) in [4.78, 5) is 25.4. The third-order valence-corrected chi connectivity index (χ3v) is 4.83. The number of hydrogen-bond donors (Lipinski definition) is 2. The molecule has 0 saturated carbocycles. The van der Waals surface area contributed by atoms with Gasteiger partial charge < -0.3 is 15.5 Å². The maximum absolute atomic E-state index is 12.3. The minimum absolute atomic E-state index is 0. The number of rotatable bonds is 5. The molecular weight excluding hydrogens is 344 g/mol. The van der Waals surface area contributed by atoms with Crippen molar-refractivity contribution in [2.24, 2.45) is 5.92 Å². The molecule has 3 rings (SSSR count). The van der Waals surface area contributed by atoms with Crippen molar-refractivity contribution in [3.8, 4) is 0 Å². The van der Waals surface area contributed by atoms with Crippen molar-refractivity contribution in [2.75, 3.05) is 37.6 Å². The standard InChI is InChI=1S/C17H24N4O3.ClH/c22-17(19-12-13-4-3-7-18-11-13)14-5-6-15(16(10-14)21(23)24)20-8-1-2-9-20;/h5-6,10,13,18H,1-4,7-9,11-12H2,(H,19,22);1H. The molecule has 0 aliphatic carbocycles. The fourth-order valence-electron chi connectivity index (χ4n) is 3.47. The Labute approximate surface area is 153 Å². The van der Waals surface area contributed by atoms with Gasteiger partial charge in [0.25, 0.3) is 11.6 Å². The van der Waals surface area contributed by atoms with Crippen LogP contribution < -0.4 is 15.5 Å². The van der Waals surface area contributed by atoms with Gasteiger partial charge in [0, 0.05) is 31.3 Å². The summed E-state index contributed by atoms with van der Waals surface area (Å²) in [5, 5.41) is 17.6. The van der Waals surface area contributed by atoms with E-state index in [4.69, 9.17) is 0 Å². The van der Waals surface area contributed by atoms with Gasteiger partial charge in [-0.2, -0.15) is 0 Å². The number of carbonyl (C=O) groups excluding carboxylic acids is 1. The van der Waals surface area contributed by atoms with Crippen molar-refractivity contribution < 1.29 is 9.72 Å². The number of piperidine rings is 1. The first-order valence-corrected chi connectivity index (χ1v) is 8.67. The van der Waals surface area contributed by atoms with Crippen LogP contribution in [0.4, 0.5) is 11.4 Å². The lowest BCUT2D eigenvalue weighted by Gasteiger charge is -2.23. The SMILES string of the molecule is Cl.O=C(NCC1CCCNC1)c1ccc(N2CCCC2)c([N+](=O)[O-])c1. The molecule has 138 valence electrons. The fraction of sp³-hybridized carbons (Fsp3) is 0.588. The van der Waals surface area contributed by atoms with Crippen molar-refractivity contribution >= 4 is 29.7 Å². The Morgan fingerprint density at radius 1 is 1.32 bits per heavy atom. The predicted octanol–water partition coefficient (Wildman–Crippen LogP) is 2.35. The molecule has 25 heavy (non-hydrogen) atoms. The zero-order valence-electron chi connectivity index (χ0n) is 14.2. The fourth-order valence-corrected chi connectivity index (χ4v) is 3.47. The number of halogens is 1. The van der Waals surface area contributed by atoms with Gasteiger partial charge in [0.05, 0.1) is 4.92 Å². The summed E-state index contributed by atoms with van der Waals surface area (Å²) in [7, 11) is 0. The lowest BCUT2D eigenvalue weighted by atomic mass is 9.99. The van der Waals surface area contributed by atoms with Gasteiger partial charge >= 0.3 is 0 Å². The van der Waals surface area contributed by atoms with Crippen LogP contribution in [0.1, 0.15) is 36.0 Å². The molecule has 1 unspecified atom stereocenters. The third kappa shape index (κ3) is 4.83. The number of nitrogens with zero attached hydrogens (tertiary/aromatic N) is 2. The molecule has 0 bridgehead atoms. The molecule has 2 N–H and O–H groups in total. The molecule has 0 aromatic heterocycles. The Kier molecular flexibility index (Phi) is 7.01. The van der Waals surface area contributed by atoms with Crippen LogP contribution in [0.5, 0.6) is 0 Å². The summed E-state index contributed by atoms with van der Waals surface area (Å²) < 4.78 is 0. The first-order chi connectivity index (χ1) is 11.6. The molecule has 2 fully saturated rings. The minimum atomic E-state index is -0.393. The third-order valence-electron chi connectivity index (χ3n) is 4.83. The van der Waals surface area contributed by atoms with E-state index in [9.17, 15) is 14.9 Å². The average Bonchev–Trinajstić information content (AvgIpc) is 3.14. The second-order valence-corrected chi connectivity index (χ2v) is 6.58. The maximum atomic E-state index is 12.3. The van der Waals surface area contributed by atoms with E-state index in [1.807, 2.05) is 4.90 Å². The molecule has 7 nitrogen and oxygen atoms in total. The number of amides is 1. The van der Waals surface area contributed by atoms with Crippen LogP contribution in [0.15, 0.2) is 18.2 Å². The molecular formula is C17H25ClN4O3. The molecule has 2 heterocycles. The number of nitro benzene ring substituents is 1. The van der Waals surface area contributed by atoms with E-state index in [0.717, 1.165) is 51.9 Å². The number of hydrogen-bond acceptors (Lipinski definition) is 5. The number of nitro groups is 1. The van der Waals surface area contributed by atoms with Crippen molar-refractivity contribution in [1.82, 2.24) is 10.6 Å². The highest BCUT2D eigenvalue weighted by atomic mass is 35.5. The molecule has 1 aromatic rings. The summed E-state index contributed by atoms with van der Waals surface area (Å²) in [5.74, 6) is 0.193. The van der Waals surface area contributed by atoms with Gasteiger partial charge in [0.1, 0.15) is 5.69 Å².